The van der Waals surface area contributed by atoms with Gasteiger partial charge in [0.2, 0.25) is 0 Å². The van der Waals surface area contributed by atoms with Gasteiger partial charge < -0.3 is 14.7 Å². The van der Waals surface area contributed by atoms with Crippen LogP contribution in [0.4, 0.5) is 0 Å². The number of rotatable bonds is 3. The van der Waals surface area contributed by atoms with Crippen LogP contribution in [-0.4, -0.2) is 15.5 Å². The van der Waals surface area contributed by atoms with Crippen LogP contribution in [0.1, 0.15) is 16.1 Å². The number of benzene rings is 1. The van der Waals surface area contributed by atoms with Crippen molar-refractivity contribution in [2.75, 3.05) is 0 Å². The number of carbonyl (C=O) groups is 1. The van der Waals surface area contributed by atoms with E-state index in [4.69, 9.17) is 10.2 Å². The number of amides is 1. The lowest BCUT2D eigenvalue weighted by atomic mass is 10.1. The van der Waals surface area contributed by atoms with Gasteiger partial charge in [-0.3, -0.25) is 4.79 Å². The number of fused-ring (bicyclic) bond motifs is 1. The fraction of sp³-hybridized carbons (Fsp3) is 0.0769. The maximum Gasteiger partial charge on any atom is 0.284 e. The summed E-state index contributed by atoms with van der Waals surface area (Å²) in [4.78, 5) is 15.0. The minimum absolute atomic E-state index is 0.185. The lowest BCUT2D eigenvalue weighted by Crippen LogP contribution is -2.08. The number of hydrogen-bond donors (Lipinski definition) is 1. The van der Waals surface area contributed by atoms with E-state index in [9.17, 15) is 4.79 Å². The van der Waals surface area contributed by atoms with Crippen LogP contribution in [0, 0.1) is 0 Å². The van der Waals surface area contributed by atoms with Gasteiger partial charge in [0, 0.05) is 24.3 Å². The van der Waals surface area contributed by atoms with E-state index in [0.29, 0.717) is 5.58 Å². The smallest absolute Gasteiger partial charge is 0.284 e. The third-order valence-corrected chi connectivity index (χ3v) is 2.75. The van der Waals surface area contributed by atoms with E-state index in [1.165, 1.54) is 0 Å². The first-order valence-electron chi connectivity index (χ1n) is 5.50. The molecule has 1 amide bonds. The normalized spacial score (nSPS) is 10.9. The maximum atomic E-state index is 11.0. The minimum atomic E-state index is -0.553. The Balaban J connectivity index is 1.97. The first-order chi connectivity index (χ1) is 8.72. The zero-order valence-electron chi connectivity index (χ0n) is 9.54. The maximum absolute atomic E-state index is 11.0. The van der Waals surface area contributed by atoms with Crippen molar-refractivity contribution in [3.05, 3.63) is 54.3 Å². The summed E-state index contributed by atoms with van der Waals surface area (Å²) in [5.41, 5.74) is 6.95. The van der Waals surface area contributed by atoms with Gasteiger partial charge in [-0.2, -0.15) is 0 Å². The molecule has 0 unspecified atom stereocenters. The van der Waals surface area contributed by atoms with Gasteiger partial charge in [0.1, 0.15) is 5.58 Å². The topological polar surface area (TPSA) is 74.1 Å². The molecular formula is C13H11N3O2. The summed E-state index contributed by atoms with van der Waals surface area (Å²) in [6, 6.07) is 7.44. The van der Waals surface area contributed by atoms with Gasteiger partial charge in [0.15, 0.2) is 5.76 Å². The molecular weight excluding hydrogens is 230 g/mol. The molecule has 0 fully saturated rings. The highest BCUT2D eigenvalue weighted by atomic mass is 16.3. The van der Waals surface area contributed by atoms with Gasteiger partial charge in [-0.1, -0.05) is 6.07 Å². The van der Waals surface area contributed by atoms with Crippen molar-refractivity contribution in [1.82, 2.24) is 9.55 Å². The number of imidazole rings is 1. The first kappa shape index (κ1) is 10.6. The molecule has 0 radical (unpaired) electrons. The summed E-state index contributed by atoms with van der Waals surface area (Å²) >= 11 is 0. The van der Waals surface area contributed by atoms with Crippen LogP contribution in [0.15, 0.2) is 47.4 Å². The Morgan fingerprint density at radius 2 is 2.28 bits per heavy atom. The summed E-state index contributed by atoms with van der Waals surface area (Å²) in [7, 11) is 0. The summed E-state index contributed by atoms with van der Waals surface area (Å²) in [5.74, 6) is -0.368. The van der Waals surface area contributed by atoms with Gasteiger partial charge in [0.05, 0.1) is 6.33 Å². The molecule has 2 aromatic heterocycles. The quantitative estimate of drug-likeness (QED) is 0.759. The van der Waals surface area contributed by atoms with E-state index in [0.717, 1.165) is 17.5 Å². The Kier molecular flexibility index (Phi) is 2.37. The molecule has 2 N–H and O–H groups in total. The SMILES string of the molecule is NC(=O)c1cc2cc(Cn3ccnc3)ccc2o1. The van der Waals surface area contributed by atoms with Gasteiger partial charge in [0.25, 0.3) is 5.91 Å². The molecule has 90 valence electrons. The van der Waals surface area contributed by atoms with Crippen molar-refractivity contribution >= 4 is 16.9 Å². The molecule has 1 aromatic carbocycles. The molecule has 0 aliphatic heterocycles. The number of primary amides is 1. The van der Waals surface area contributed by atoms with Crippen LogP contribution in [0.2, 0.25) is 0 Å². The highest BCUT2D eigenvalue weighted by molar-refractivity contribution is 5.95. The van der Waals surface area contributed by atoms with Crippen LogP contribution >= 0.6 is 0 Å². The Hall–Kier alpha value is -2.56. The molecule has 2 heterocycles. The van der Waals surface area contributed by atoms with Crippen molar-refractivity contribution in [2.45, 2.75) is 6.54 Å². The molecule has 5 nitrogen and oxygen atoms in total. The predicted octanol–water partition coefficient (Wildman–Crippen LogP) is 1.78. The van der Waals surface area contributed by atoms with Crippen molar-refractivity contribution < 1.29 is 9.21 Å². The molecule has 0 aliphatic rings. The highest BCUT2D eigenvalue weighted by Gasteiger charge is 2.08. The van der Waals surface area contributed by atoms with Crippen LogP contribution in [0.3, 0.4) is 0 Å². The van der Waals surface area contributed by atoms with Gasteiger partial charge in [-0.15, -0.1) is 0 Å². The molecule has 3 rings (SSSR count). The molecule has 0 spiro atoms. The second kappa shape index (κ2) is 4.03. The number of furan rings is 1. The zero-order chi connectivity index (χ0) is 12.5. The highest BCUT2D eigenvalue weighted by Crippen LogP contribution is 2.21. The van der Waals surface area contributed by atoms with Crippen molar-refractivity contribution in [2.24, 2.45) is 5.73 Å². The largest absolute Gasteiger partial charge is 0.451 e. The van der Waals surface area contributed by atoms with Gasteiger partial charge >= 0.3 is 0 Å². The zero-order valence-corrected chi connectivity index (χ0v) is 9.54. The van der Waals surface area contributed by atoms with Gasteiger partial charge in [-0.25, -0.2) is 4.98 Å². The average Bonchev–Trinajstić information content (AvgIpc) is 2.96. The second-order valence-corrected chi connectivity index (χ2v) is 4.08. The molecule has 0 aliphatic carbocycles. The van der Waals surface area contributed by atoms with Crippen molar-refractivity contribution in [3.8, 4) is 0 Å². The molecule has 0 atom stereocenters. The lowest BCUT2D eigenvalue weighted by Gasteiger charge is -2.01. The van der Waals surface area contributed by atoms with E-state index in [-0.39, 0.29) is 5.76 Å². The van der Waals surface area contributed by atoms with E-state index in [1.807, 2.05) is 29.0 Å². The number of carbonyl (C=O) groups excluding carboxylic acids is 1. The predicted molar refractivity (Wildman–Crippen MR) is 66.1 cm³/mol. The third-order valence-electron chi connectivity index (χ3n) is 2.75. The molecule has 0 saturated heterocycles. The number of nitrogens with two attached hydrogens (primary N) is 1. The van der Waals surface area contributed by atoms with E-state index < -0.39 is 5.91 Å². The lowest BCUT2D eigenvalue weighted by molar-refractivity contribution is 0.0976. The van der Waals surface area contributed by atoms with Crippen LogP contribution < -0.4 is 5.73 Å². The summed E-state index contributed by atoms with van der Waals surface area (Å²) in [6.45, 7) is 0.729. The van der Waals surface area contributed by atoms with Crippen molar-refractivity contribution in [1.29, 1.82) is 0 Å². The summed E-state index contributed by atoms with van der Waals surface area (Å²) in [6.07, 6.45) is 5.39. The van der Waals surface area contributed by atoms with E-state index >= 15 is 0 Å². The van der Waals surface area contributed by atoms with Crippen molar-refractivity contribution in [3.63, 3.8) is 0 Å². The molecule has 18 heavy (non-hydrogen) atoms. The third kappa shape index (κ3) is 1.86. The molecule has 0 saturated carbocycles. The minimum Gasteiger partial charge on any atom is -0.451 e. The fourth-order valence-corrected chi connectivity index (χ4v) is 1.90. The first-order valence-corrected chi connectivity index (χ1v) is 5.50. The Morgan fingerprint density at radius 3 is 3.00 bits per heavy atom. The summed E-state index contributed by atoms with van der Waals surface area (Å²) in [5, 5.41) is 0.876. The fourth-order valence-electron chi connectivity index (χ4n) is 1.90. The van der Waals surface area contributed by atoms with Crippen LogP contribution in [-0.2, 0) is 6.54 Å². The average molecular weight is 241 g/mol. The Morgan fingerprint density at radius 1 is 1.39 bits per heavy atom. The van der Waals surface area contributed by atoms with E-state index in [2.05, 4.69) is 4.98 Å². The van der Waals surface area contributed by atoms with Crippen LogP contribution in [0.5, 0.6) is 0 Å². The Labute approximate surface area is 103 Å². The molecule has 0 bridgehead atoms. The van der Waals surface area contributed by atoms with Crippen LogP contribution in [0.25, 0.3) is 11.0 Å². The van der Waals surface area contributed by atoms with E-state index in [1.54, 1.807) is 18.6 Å². The summed E-state index contributed by atoms with van der Waals surface area (Å²) < 4.78 is 7.29. The Bertz CT molecular complexity index is 698. The van der Waals surface area contributed by atoms with Gasteiger partial charge in [-0.05, 0) is 23.8 Å². The number of hydrogen-bond acceptors (Lipinski definition) is 3. The number of aromatic nitrogens is 2. The second-order valence-electron chi connectivity index (χ2n) is 4.08. The standard InChI is InChI=1S/C13H11N3O2/c14-13(17)12-6-10-5-9(1-2-11(10)18-12)7-16-4-3-15-8-16/h1-6,8H,7H2,(H2,14,17). The molecule has 3 aromatic rings. The monoisotopic (exact) mass is 241 g/mol. The number of nitrogens with zero attached hydrogens (tertiary/aromatic N) is 2. The molecule has 5 heteroatoms.